The van der Waals surface area contributed by atoms with Gasteiger partial charge in [-0.15, -0.1) is 0 Å². The Bertz CT molecular complexity index is 240. The fourth-order valence-corrected chi connectivity index (χ4v) is 2.16. The van der Waals surface area contributed by atoms with Crippen LogP contribution in [0.4, 0.5) is 0 Å². The number of nitrogens with zero attached hydrogens (tertiary/aromatic N) is 2. The van der Waals surface area contributed by atoms with E-state index in [0.29, 0.717) is 26.2 Å². The van der Waals surface area contributed by atoms with E-state index in [9.17, 15) is 9.90 Å². The molecule has 0 saturated carbocycles. The van der Waals surface area contributed by atoms with Crippen LogP contribution in [0.3, 0.4) is 0 Å². The minimum absolute atomic E-state index is 0.256. The quantitative estimate of drug-likeness (QED) is 0.715. The van der Waals surface area contributed by atoms with Gasteiger partial charge in [0.25, 0.3) is 0 Å². The van der Waals surface area contributed by atoms with Gasteiger partial charge in [0.15, 0.2) is 0 Å². The van der Waals surface area contributed by atoms with Crippen LogP contribution < -0.4 is 0 Å². The maximum absolute atomic E-state index is 11.7. The SMILES string of the molecule is CCCC(=O)N1CCN(CC(O)COCC)CC1. The highest BCUT2D eigenvalue weighted by atomic mass is 16.5. The average Bonchev–Trinajstić information content (AvgIpc) is 2.37. The molecule has 0 aromatic carbocycles. The van der Waals surface area contributed by atoms with Crippen LogP contribution in [0.2, 0.25) is 0 Å². The van der Waals surface area contributed by atoms with Crippen molar-refractivity contribution >= 4 is 5.91 Å². The summed E-state index contributed by atoms with van der Waals surface area (Å²) in [5.41, 5.74) is 0. The van der Waals surface area contributed by atoms with Crippen molar-refractivity contribution in [3.8, 4) is 0 Å². The second kappa shape index (κ2) is 8.45. The first-order chi connectivity index (χ1) is 8.67. The largest absolute Gasteiger partial charge is 0.389 e. The van der Waals surface area contributed by atoms with Crippen LogP contribution in [0.15, 0.2) is 0 Å². The van der Waals surface area contributed by atoms with Gasteiger partial charge in [0.2, 0.25) is 5.91 Å². The van der Waals surface area contributed by atoms with Crippen molar-refractivity contribution in [2.45, 2.75) is 32.8 Å². The van der Waals surface area contributed by atoms with E-state index < -0.39 is 6.10 Å². The predicted octanol–water partition coefficient (Wildman–Crippen LogP) is 0.328. The molecule has 1 N–H and O–H groups in total. The zero-order valence-electron chi connectivity index (χ0n) is 11.6. The average molecular weight is 258 g/mol. The highest BCUT2D eigenvalue weighted by molar-refractivity contribution is 5.76. The summed E-state index contributed by atoms with van der Waals surface area (Å²) in [4.78, 5) is 15.8. The summed E-state index contributed by atoms with van der Waals surface area (Å²) in [5.74, 6) is 0.256. The molecule has 0 aromatic heterocycles. The Balaban J connectivity index is 2.20. The second-order valence-electron chi connectivity index (χ2n) is 4.74. The van der Waals surface area contributed by atoms with Crippen LogP contribution in [-0.2, 0) is 9.53 Å². The van der Waals surface area contributed by atoms with Crippen LogP contribution >= 0.6 is 0 Å². The number of hydrogen-bond donors (Lipinski definition) is 1. The van der Waals surface area contributed by atoms with Gasteiger partial charge >= 0.3 is 0 Å². The van der Waals surface area contributed by atoms with Gasteiger partial charge in [-0.1, -0.05) is 6.92 Å². The summed E-state index contributed by atoms with van der Waals surface area (Å²) in [6, 6.07) is 0. The van der Waals surface area contributed by atoms with Gasteiger partial charge in [-0.2, -0.15) is 0 Å². The van der Waals surface area contributed by atoms with Crippen LogP contribution in [0.25, 0.3) is 0 Å². The topological polar surface area (TPSA) is 53.0 Å². The standard InChI is InChI=1S/C13H26N2O3/c1-3-5-13(17)15-8-6-14(7-9-15)10-12(16)11-18-4-2/h12,16H,3-11H2,1-2H3. The van der Waals surface area contributed by atoms with Crippen molar-refractivity contribution in [1.29, 1.82) is 0 Å². The summed E-state index contributed by atoms with van der Waals surface area (Å²) < 4.78 is 5.19. The Morgan fingerprint density at radius 1 is 1.28 bits per heavy atom. The van der Waals surface area contributed by atoms with Crippen molar-refractivity contribution in [3.63, 3.8) is 0 Å². The number of β-amino-alcohol motifs (C(OH)–C–C–N with tert-alkyl or cyclic N) is 1. The van der Waals surface area contributed by atoms with Crippen molar-refractivity contribution in [1.82, 2.24) is 9.80 Å². The molecule has 18 heavy (non-hydrogen) atoms. The molecule has 0 aliphatic carbocycles. The number of carbonyl (C=O) groups is 1. The fraction of sp³-hybridized carbons (Fsp3) is 0.923. The third kappa shape index (κ3) is 5.33. The summed E-state index contributed by atoms with van der Waals surface area (Å²) in [6.45, 7) is 8.86. The molecule has 0 aromatic rings. The molecule has 0 radical (unpaired) electrons. The third-order valence-corrected chi connectivity index (χ3v) is 3.17. The van der Waals surface area contributed by atoms with Crippen LogP contribution in [0.5, 0.6) is 0 Å². The zero-order chi connectivity index (χ0) is 13.4. The first kappa shape index (κ1) is 15.4. The van der Waals surface area contributed by atoms with E-state index in [4.69, 9.17) is 4.74 Å². The molecular weight excluding hydrogens is 232 g/mol. The molecule has 1 rings (SSSR count). The number of piperazine rings is 1. The molecule has 1 saturated heterocycles. The van der Waals surface area contributed by atoms with Gasteiger partial charge < -0.3 is 14.7 Å². The molecule has 1 fully saturated rings. The molecule has 1 aliphatic heterocycles. The summed E-state index contributed by atoms with van der Waals surface area (Å²) >= 11 is 0. The number of aliphatic hydroxyl groups excluding tert-OH is 1. The molecule has 1 unspecified atom stereocenters. The van der Waals surface area contributed by atoms with Gasteiger partial charge in [-0.25, -0.2) is 0 Å². The Kier molecular flexibility index (Phi) is 7.23. The predicted molar refractivity (Wildman–Crippen MR) is 70.4 cm³/mol. The van der Waals surface area contributed by atoms with Gasteiger partial charge in [-0.05, 0) is 13.3 Å². The summed E-state index contributed by atoms with van der Waals surface area (Å²) in [5, 5.41) is 9.74. The van der Waals surface area contributed by atoms with E-state index in [1.165, 1.54) is 0 Å². The molecular formula is C13H26N2O3. The number of aliphatic hydroxyl groups is 1. The maximum atomic E-state index is 11.7. The van der Waals surface area contributed by atoms with E-state index in [-0.39, 0.29) is 5.91 Å². The van der Waals surface area contributed by atoms with Crippen LogP contribution in [0, 0.1) is 0 Å². The molecule has 1 aliphatic rings. The molecule has 5 heteroatoms. The number of ether oxygens (including phenoxy) is 1. The molecule has 0 spiro atoms. The number of carbonyl (C=O) groups excluding carboxylic acids is 1. The zero-order valence-corrected chi connectivity index (χ0v) is 11.6. The van der Waals surface area contributed by atoms with E-state index >= 15 is 0 Å². The first-order valence-electron chi connectivity index (χ1n) is 6.93. The summed E-state index contributed by atoms with van der Waals surface area (Å²) in [6.07, 6.45) is 1.13. The lowest BCUT2D eigenvalue weighted by Gasteiger charge is -2.35. The van der Waals surface area contributed by atoms with Gasteiger partial charge in [0.1, 0.15) is 0 Å². The number of amides is 1. The fourth-order valence-electron chi connectivity index (χ4n) is 2.16. The van der Waals surface area contributed by atoms with Crippen molar-refractivity contribution in [3.05, 3.63) is 0 Å². The Morgan fingerprint density at radius 3 is 2.50 bits per heavy atom. The van der Waals surface area contributed by atoms with Crippen molar-refractivity contribution in [2.75, 3.05) is 45.9 Å². The molecule has 1 amide bonds. The minimum Gasteiger partial charge on any atom is -0.389 e. The number of hydrogen-bond acceptors (Lipinski definition) is 4. The van der Waals surface area contributed by atoms with Gasteiger partial charge in [0.05, 0.1) is 12.7 Å². The molecule has 1 atom stereocenters. The lowest BCUT2D eigenvalue weighted by atomic mass is 10.2. The minimum atomic E-state index is -0.428. The van der Waals surface area contributed by atoms with E-state index in [1.54, 1.807) is 0 Å². The smallest absolute Gasteiger partial charge is 0.222 e. The first-order valence-corrected chi connectivity index (χ1v) is 6.93. The molecule has 5 nitrogen and oxygen atoms in total. The monoisotopic (exact) mass is 258 g/mol. The maximum Gasteiger partial charge on any atom is 0.222 e. The highest BCUT2D eigenvalue weighted by Gasteiger charge is 2.21. The lowest BCUT2D eigenvalue weighted by molar-refractivity contribution is -0.133. The normalized spacial score (nSPS) is 18.9. The van der Waals surface area contributed by atoms with Gasteiger partial charge in [0, 0.05) is 45.8 Å². The highest BCUT2D eigenvalue weighted by Crippen LogP contribution is 2.06. The molecule has 1 heterocycles. The van der Waals surface area contributed by atoms with E-state index in [2.05, 4.69) is 4.90 Å². The van der Waals surface area contributed by atoms with Crippen molar-refractivity contribution < 1.29 is 14.6 Å². The Morgan fingerprint density at radius 2 is 1.94 bits per heavy atom. The molecule has 0 bridgehead atoms. The van der Waals surface area contributed by atoms with E-state index in [1.807, 2.05) is 18.7 Å². The van der Waals surface area contributed by atoms with E-state index in [0.717, 1.165) is 32.6 Å². The third-order valence-electron chi connectivity index (χ3n) is 3.17. The van der Waals surface area contributed by atoms with Gasteiger partial charge in [-0.3, -0.25) is 9.69 Å². The lowest BCUT2D eigenvalue weighted by Crippen LogP contribution is -2.50. The van der Waals surface area contributed by atoms with Crippen LogP contribution in [-0.4, -0.2) is 72.9 Å². The Hall–Kier alpha value is -0.650. The second-order valence-corrected chi connectivity index (χ2v) is 4.74. The Labute approximate surface area is 110 Å². The van der Waals surface area contributed by atoms with Crippen LogP contribution in [0.1, 0.15) is 26.7 Å². The molecule has 106 valence electrons. The van der Waals surface area contributed by atoms with Crippen molar-refractivity contribution in [2.24, 2.45) is 0 Å². The number of rotatable bonds is 7. The summed E-state index contributed by atoms with van der Waals surface area (Å²) in [7, 11) is 0.